The monoisotopic (exact) mass is 271 g/mol. The third-order valence-electron chi connectivity index (χ3n) is 3.03. The Balaban J connectivity index is 1.97. The number of benzene rings is 2. The summed E-state index contributed by atoms with van der Waals surface area (Å²) in [5.74, 6) is -0.00824. The number of sulfone groups is 1. The topological polar surface area (TPSA) is 49.9 Å². The van der Waals surface area contributed by atoms with Gasteiger partial charge in [0.15, 0.2) is 9.84 Å². The number of fused-ring (bicyclic) bond motifs is 1. The first-order valence-corrected chi connectivity index (χ1v) is 7.65. The minimum absolute atomic E-state index is 0.00824. The zero-order valence-corrected chi connectivity index (χ0v) is 11.0. The summed E-state index contributed by atoms with van der Waals surface area (Å²) in [7, 11) is -3.29. The quantitative estimate of drug-likeness (QED) is 0.795. The second kappa shape index (κ2) is 4.55. The van der Waals surface area contributed by atoms with Gasteiger partial charge in [-0.25, -0.2) is 8.42 Å². The van der Waals surface area contributed by atoms with Gasteiger partial charge in [-0.05, 0) is 29.7 Å². The number of rotatable bonds is 3. The first-order chi connectivity index (χ1) is 9.15. The van der Waals surface area contributed by atoms with Gasteiger partial charge in [-0.2, -0.15) is 0 Å². The molecule has 0 aliphatic heterocycles. The van der Waals surface area contributed by atoms with Crippen molar-refractivity contribution in [3.05, 3.63) is 66.4 Å². The van der Waals surface area contributed by atoms with Crippen LogP contribution in [-0.4, -0.2) is 13.4 Å². The van der Waals surface area contributed by atoms with Gasteiger partial charge in [-0.15, -0.1) is 0 Å². The lowest BCUT2D eigenvalue weighted by Crippen LogP contribution is -2.04. The molecule has 0 bridgehead atoms. The second-order valence-electron chi connectivity index (χ2n) is 4.45. The molecule has 3 nitrogen and oxygen atoms in total. The Kier molecular flexibility index (Phi) is 2.87. The highest BCUT2D eigenvalue weighted by Crippen LogP contribution is 2.19. The third-order valence-corrected chi connectivity index (χ3v) is 4.72. The molecule has 0 spiro atoms. The van der Waals surface area contributed by atoms with Gasteiger partial charge in [0.1, 0.15) is 0 Å². The molecule has 19 heavy (non-hydrogen) atoms. The Morgan fingerprint density at radius 1 is 0.895 bits per heavy atom. The molecule has 0 aliphatic carbocycles. The molecule has 96 valence electrons. The highest BCUT2D eigenvalue weighted by atomic mass is 32.2. The summed E-state index contributed by atoms with van der Waals surface area (Å²) in [4.78, 5) is 3.50. The first-order valence-electron chi connectivity index (χ1n) is 6.00. The lowest BCUT2D eigenvalue weighted by atomic mass is 10.2. The molecule has 0 unspecified atom stereocenters. The van der Waals surface area contributed by atoms with Gasteiger partial charge < -0.3 is 4.98 Å². The Bertz CT molecular complexity index is 771. The number of aromatic nitrogens is 1. The van der Waals surface area contributed by atoms with E-state index in [9.17, 15) is 8.42 Å². The van der Waals surface area contributed by atoms with E-state index in [1.165, 1.54) is 0 Å². The number of para-hydroxylation sites is 1. The largest absolute Gasteiger partial charge is 0.358 e. The number of hydrogen-bond acceptors (Lipinski definition) is 2. The van der Waals surface area contributed by atoms with Crippen LogP contribution >= 0.6 is 0 Å². The van der Waals surface area contributed by atoms with E-state index in [0.29, 0.717) is 10.6 Å². The second-order valence-corrected chi connectivity index (χ2v) is 6.44. The molecular formula is C15H13NO2S. The summed E-state index contributed by atoms with van der Waals surface area (Å²) in [6.45, 7) is 0. The summed E-state index contributed by atoms with van der Waals surface area (Å²) in [5.41, 5.74) is 1.67. The molecular weight excluding hydrogens is 258 g/mol. The van der Waals surface area contributed by atoms with Crippen molar-refractivity contribution in [3.63, 3.8) is 0 Å². The maximum absolute atomic E-state index is 12.3. The van der Waals surface area contributed by atoms with E-state index in [-0.39, 0.29) is 5.75 Å². The zero-order valence-electron chi connectivity index (χ0n) is 10.2. The minimum atomic E-state index is -3.29. The molecule has 2 aromatic carbocycles. The van der Waals surface area contributed by atoms with E-state index in [1.54, 1.807) is 24.3 Å². The van der Waals surface area contributed by atoms with Gasteiger partial charge in [0.25, 0.3) is 0 Å². The van der Waals surface area contributed by atoms with Crippen LogP contribution in [0.5, 0.6) is 0 Å². The summed E-state index contributed by atoms with van der Waals surface area (Å²) < 4.78 is 24.5. The van der Waals surface area contributed by atoms with Gasteiger partial charge in [-0.1, -0.05) is 36.4 Å². The molecule has 0 saturated heterocycles. The molecule has 1 aromatic heterocycles. The van der Waals surface area contributed by atoms with E-state index in [4.69, 9.17) is 0 Å². The third kappa shape index (κ3) is 2.39. The number of hydrogen-bond donors (Lipinski definition) is 1. The molecule has 3 aromatic rings. The fraction of sp³-hybridized carbons (Fsp3) is 0.0667. The lowest BCUT2D eigenvalue weighted by Gasteiger charge is -2.02. The molecule has 0 atom stereocenters. The van der Waals surface area contributed by atoms with Crippen LogP contribution in [0.2, 0.25) is 0 Å². The standard InChI is InChI=1S/C15H13NO2S/c17-19(18,14-7-2-1-3-8-14)11-13-10-12-6-4-5-9-15(12)16-13/h1-10,16H,11H2. The lowest BCUT2D eigenvalue weighted by molar-refractivity contribution is 0.595. The molecule has 1 N–H and O–H groups in total. The highest BCUT2D eigenvalue weighted by molar-refractivity contribution is 7.90. The summed E-state index contributed by atoms with van der Waals surface area (Å²) in [5, 5.41) is 1.03. The normalized spacial score (nSPS) is 11.8. The Morgan fingerprint density at radius 3 is 2.32 bits per heavy atom. The predicted octanol–water partition coefficient (Wildman–Crippen LogP) is 3.14. The van der Waals surface area contributed by atoms with E-state index < -0.39 is 9.84 Å². The van der Waals surface area contributed by atoms with Crippen LogP contribution in [0.15, 0.2) is 65.6 Å². The van der Waals surface area contributed by atoms with Gasteiger partial charge in [0, 0.05) is 11.2 Å². The maximum atomic E-state index is 12.3. The van der Waals surface area contributed by atoms with Crippen molar-refractivity contribution < 1.29 is 8.42 Å². The van der Waals surface area contributed by atoms with Crippen LogP contribution in [0.25, 0.3) is 10.9 Å². The number of H-pyrrole nitrogens is 1. The summed E-state index contributed by atoms with van der Waals surface area (Å²) in [6.07, 6.45) is 0. The molecule has 0 amide bonds. The van der Waals surface area contributed by atoms with E-state index in [1.807, 2.05) is 36.4 Å². The smallest absolute Gasteiger partial charge is 0.183 e. The van der Waals surface area contributed by atoms with Crippen LogP contribution in [0.3, 0.4) is 0 Å². The van der Waals surface area contributed by atoms with Gasteiger partial charge in [0.05, 0.1) is 10.6 Å². The molecule has 0 radical (unpaired) electrons. The molecule has 4 heteroatoms. The van der Waals surface area contributed by atoms with Crippen LogP contribution in [-0.2, 0) is 15.6 Å². The molecule has 0 aliphatic rings. The number of aromatic amines is 1. The maximum Gasteiger partial charge on any atom is 0.183 e. The fourth-order valence-electron chi connectivity index (χ4n) is 2.13. The zero-order chi connectivity index (χ0) is 13.3. The average molecular weight is 271 g/mol. The van der Waals surface area contributed by atoms with Crippen LogP contribution in [0, 0.1) is 0 Å². The Hall–Kier alpha value is -2.07. The van der Waals surface area contributed by atoms with Crippen molar-refractivity contribution in [1.82, 2.24) is 4.98 Å². The molecule has 3 rings (SSSR count). The van der Waals surface area contributed by atoms with Gasteiger partial charge in [-0.3, -0.25) is 0 Å². The average Bonchev–Trinajstić information content (AvgIpc) is 2.81. The van der Waals surface area contributed by atoms with Crippen LogP contribution < -0.4 is 0 Å². The van der Waals surface area contributed by atoms with Crippen molar-refractivity contribution in [2.45, 2.75) is 10.6 Å². The molecule has 0 saturated carbocycles. The van der Waals surface area contributed by atoms with Gasteiger partial charge >= 0.3 is 0 Å². The van der Waals surface area contributed by atoms with Crippen LogP contribution in [0.4, 0.5) is 0 Å². The van der Waals surface area contributed by atoms with Crippen molar-refractivity contribution >= 4 is 20.7 Å². The first kappa shape index (κ1) is 12.0. The summed E-state index contributed by atoms with van der Waals surface area (Å²) >= 11 is 0. The SMILES string of the molecule is O=S(=O)(Cc1cc2ccccc2[nH]1)c1ccccc1. The Morgan fingerprint density at radius 2 is 1.58 bits per heavy atom. The fourth-order valence-corrected chi connectivity index (χ4v) is 3.43. The van der Waals surface area contributed by atoms with Crippen molar-refractivity contribution in [2.24, 2.45) is 0 Å². The van der Waals surface area contributed by atoms with Crippen molar-refractivity contribution in [2.75, 3.05) is 0 Å². The molecule has 1 heterocycles. The van der Waals surface area contributed by atoms with E-state index >= 15 is 0 Å². The van der Waals surface area contributed by atoms with E-state index in [0.717, 1.165) is 10.9 Å². The van der Waals surface area contributed by atoms with E-state index in [2.05, 4.69) is 4.98 Å². The minimum Gasteiger partial charge on any atom is -0.358 e. The Labute approximate surface area is 111 Å². The van der Waals surface area contributed by atoms with Crippen molar-refractivity contribution in [1.29, 1.82) is 0 Å². The van der Waals surface area contributed by atoms with Crippen LogP contribution in [0.1, 0.15) is 5.69 Å². The molecule has 0 fully saturated rings. The highest BCUT2D eigenvalue weighted by Gasteiger charge is 2.15. The van der Waals surface area contributed by atoms with Gasteiger partial charge in [0.2, 0.25) is 0 Å². The summed E-state index contributed by atoms with van der Waals surface area (Å²) in [6, 6.07) is 18.2. The predicted molar refractivity (Wildman–Crippen MR) is 75.6 cm³/mol. The van der Waals surface area contributed by atoms with Crippen molar-refractivity contribution in [3.8, 4) is 0 Å². The number of nitrogens with one attached hydrogen (secondary N) is 1.